The van der Waals surface area contributed by atoms with Crippen molar-refractivity contribution in [2.24, 2.45) is 0 Å². The van der Waals surface area contributed by atoms with Gasteiger partial charge in [-0.05, 0) is 48.7 Å². The first kappa shape index (κ1) is 17.4. The molecule has 3 rings (SSSR count). The van der Waals surface area contributed by atoms with E-state index in [1.165, 1.54) is 16.7 Å². The summed E-state index contributed by atoms with van der Waals surface area (Å²) in [6.45, 7) is 0.945. The summed E-state index contributed by atoms with van der Waals surface area (Å²) in [4.78, 5) is 0. The lowest BCUT2D eigenvalue weighted by atomic mass is 9.89. The molecule has 0 aromatic heterocycles. The Bertz CT molecular complexity index is 745. The molecule has 0 amide bonds. The highest BCUT2D eigenvalue weighted by atomic mass is 16.5. The molecule has 25 heavy (non-hydrogen) atoms. The third-order valence-corrected chi connectivity index (χ3v) is 4.70. The SMILES string of the molecule is COc1ccc(CC2NCCc3ccc(OC)c(OC)c32)cc1OC. The smallest absolute Gasteiger partial charge is 0.165 e. The summed E-state index contributed by atoms with van der Waals surface area (Å²) in [6, 6.07) is 10.3. The topological polar surface area (TPSA) is 49.0 Å². The summed E-state index contributed by atoms with van der Waals surface area (Å²) >= 11 is 0. The van der Waals surface area contributed by atoms with Crippen molar-refractivity contribution >= 4 is 0 Å². The standard InChI is InChI=1S/C20H25NO4/c1-22-16-7-5-13(12-18(16)24-3)11-15-19-14(9-10-21-15)6-8-17(23-2)20(19)25-4/h5-8,12,15,21H,9-11H2,1-4H3. The normalized spacial score (nSPS) is 16.1. The Balaban J connectivity index is 1.96. The predicted octanol–water partition coefficient (Wildman–Crippen LogP) is 3.15. The van der Waals surface area contributed by atoms with Crippen LogP contribution in [0.5, 0.6) is 23.0 Å². The van der Waals surface area contributed by atoms with Crippen LogP contribution in [0.2, 0.25) is 0 Å². The average Bonchev–Trinajstić information content (AvgIpc) is 2.67. The number of rotatable bonds is 6. The van der Waals surface area contributed by atoms with Crippen LogP contribution in [0.4, 0.5) is 0 Å². The summed E-state index contributed by atoms with van der Waals surface area (Å²) < 4.78 is 21.9. The van der Waals surface area contributed by atoms with Gasteiger partial charge in [0.2, 0.25) is 0 Å². The molecular weight excluding hydrogens is 318 g/mol. The molecule has 0 saturated heterocycles. The van der Waals surface area contributed by atoms with Crippen LogP contribution in [0.3, 0.4) is 0 Å². The molecule has 0 spiro atoms. The van der Waals surface area contributed by atoms with Crippen molar-refractivity contribution < 1.29 is 18.9 Å². The maximum absolute atomic E-state index is 5.67. The van der Waals surface area contributed by atoms with Gasteiger partial charge >= 0.3 is 0 Å². The van der Waals surface area contributed by atoms with Crippen molar-refractivity contribution in [1.82, 2.24) is 5.32 Å². The molecule has 2 aromatic rings. The van der Waals surface area contributed by atoms with Gasteiger partial charge < -0.3 is 24.3 Å². The fourth-order valence-electron chi connectivity index (χ4n) is 3.49. The van der Waals surface area contributed by atoms with Crippen LogP contribution in [0.1, 0.15) is 22.7 Å². The van der Waals surface area contributed by atoms with Crippen LogP contribution in [0, 0.1) is 0 Å². The molecule has 5 heteroatoms. The number of nitrogens with one attached hydrogen (secondary N) is 1. The van der Waals surface area contributed by atoms with Gasteiger partial charge in [0.15, 0.2) is 23.0 Å². The summed E-state index contributed by atoms with van der Waals surface area (Å²) in [5, 5.41) is 3.61. The maximum Gasteiger partial charge on any atom is 0.165 e. The zero-order valence-electron chi connectivity index (χ0n) is 15.2. The van der Waals surface area contributed by atoms with E-state index < -0.39 is 0 Å². The van der Waals surface area contributed by atoms with Crippen molar-refractivity contribution in [3.05, 3.63) is 47.0 Å². The number of hydrogen-bond acceptors (Lipinski definition) is 5. The zero-order valence-corrected chi connectivity index (χ0v) is 15.2. The highest BCUT2D eigenvalue weighted by Gasteiger charge is 2.26. The van der Waals surface area contributed by atoms with Gasteiger partial charge in [-0.2, -0.15) is 0 Å². The molecular formula is C20H25NO4. The third-order valence-electron chi connectivity index (χ3n) is 4.70. The van der Waals surface area contributed by atoms with Gasteiger partial charge in [0, 0.05) is 11.6 Å². The molecule has 1 aliphatic heterocycles. The first-order chi connectivity index (χ1) is 12.2. The summed E-state index contributed by atoms with van der Waals surface area (Å²) in [6.07, 6.45) is 1.81. The van der Waals surface area contributed by atoms with E-state index in [2.05, 4.69) is 17.4 Å². The Kier molecular flexibility index (Phi) is 5.34. The average molecular weight is 343 g/mol. The number of ether oxygens (including phenoxy) is 4. The number of hydrogen-bond donors (Lipinski definition) is 1. The summed E-state index contributed by atoms with van der Waals surface area (Å²) in [5.41, 5.74) is 3.66. The van der Waals surface area contributed by atoms with Gasteiger partial charge in [-0.25, -0.2) is 0 Å². The van der Waals surface area contributed by atoms with Crippen molar-refractivity contribution in [2.45, 2.75) is 18.9 Å². The van der Waals surface area contributed by atoms with Crippen molar-refractivity contribution in [1.29, 1.82) is 0 Å². The lowest BCUT2D eigenvalue weighted by molar-refractivity contribution is 0.342. The molecule has 1 N–H and O–H groups in total. The van der Waals surface area contributed by atoms with E-state index in [-0.39, 0.29) is 6.04 Å². The Morgan fingerprint density at radius 2 is 1.60 bits per heavy atom. The van der Waals surface area contributed by atoms with Gasteiger partial charge in [0.1, 0.15) is 0 Å². The lowest BCUT2D eigenvalue weighted by Gasteiger charge is -2.29. The number of methoxy groups -OCH3 is 4. The summed E-state index contributed by atoms with van der Waals surface area (Å²) in [7, 11) is 6.67. The minimum Gasteiger partial charge on any atom is -0.493 e. The molecule has 0 radical (unpaired) electrons. The molecule has 1 atom stereocenters. The number of benzene rings is 2. The number of fused-ring (bicyclic) bond motifs is 1. The second kappa shape index (κ2) is 7.66. The second-order valence-electron chi connectivity index (χ2n) is 6.02. The minimum absolute atomic E-state index is 0.159. The molecule has 0 fully saturated rings. The van der Waals surface area contributed by atoms with Crippen LogP contribution < -0.4 is 24.3 Å². The van der Waals surface area contributed by atoms with Gasteiger partial charge in [0.25, 0.3) is 0 Å². The van der Waals surface area contributed by atoms with Gasteiger partial charge in [-0.1, -0.05) is 12.1 Å². The van der Waals surface area contributed by atoms with E-state index in [1.54, 1.807) is 28.4 Å². The van der Waals surface area contributed by atoms with Gasteiger partial charge in [-0.3, -0.25) is 0 Å². The molecule has 1 unspecified atom stereocenters. The van der Waals surface area contributed by atoms with Crippen molar-refractivity contribution in [3.8, 4) is 23.0 Å². The van der Waals surface area contributed by atoms with E-state index in [4.69, 9.17) is 18.9 Å². The quantitative estimate of drug-likeness (QED) is 0.873. The molecule has 5 nitrogen and oxygen atoms in total. The molecule has 1 heterocycles. The fraction of sp³-hybridized carbons (Fsp3) is 0.400. The summed E-state index contributed by atoms with van der Waals surface area (Å²) in [5.74, 6) is 3.07. The van der Waals surface area contributed by atoms with Gasteiger partial charge in [-0.15, -0.1) is 0 Å². The van der Waals surface area contributed by atoms with E-state index in [1.807, 2.05) is 18.2 Å². The molecule has 0 saturated carbocycles. The largest absolute Gasteiger partial charge is 0.493 e. The van der Waals surface area contributed by atoms with E-state index in [0.717, 1.165) is 42.4 Å². The maximum atomic E-state index is 5.67. The highest BCUT2D eigenvalue weighted by Crippen LogP contribution is 2.40. The van der Waals surface area contributed by atoms with Crippen LogP contribution in [0.15, 0.2) is 30.3 Å². The predicted molar refractivity (Wildman–Crippen MR) is 97.2 cm³/mol. The van der Waals surface area contributed by atoms with E-state index in [0.29, 0.717) is 0 Å². The Labute approximate surface area is 148 Å². The van der Waals surface area contributed by atoms with Crippen LogP contribution in [-0.2, 0) is 12.8 Å². The van der Waals surface area contributed by atoms with Crippen molar-refractivity contribution in [3.63, 3.8) is 0 Å². The highest BCUT2D eigenvalue weighted by molar-refractivity contribution is 5.54. The second-order valence-corrected chi connectivity index (χ2v) is 6.02. The zero-order chi connectivity index (χ0) is 17.8. The molecule has 0 aliphatic carbocycles. The van der Waals surface area contributed by atoms with E-state index in [9.17, 15) is 0 Å². The van der Waals surface area contributed by atoms with Crippen LogP contribution >= 0.6 is 0 Å². The van der Waals surface area contributed by atoms with E-state index >= 15 is 0 Å². The third kappa shape index (κ3) is 3.37. The van der Waals surface area contributed by atoms with Crippen LogP contribution in [0.25, 0.3) is 0 Å². The Morgan fingerprint density at radius 3 is 2.28 bits per heavy atom. The molecule has 2 aromatic carbocycles. The Morgan fingerprint density at radius 1 is 0.880 bits per heavy atom. The van der Waals surface area contributed by atoms with Gasteiger partial charge in [0.05, 0.1) is 28.4 Å². The lowest BCUT2D eigenvalue weighted by Crippen LogP contribution is -2.31. The monoisotopic (exact) mass is 343 g/mol. The first-order valence-corrected chi connectivity index (χ1v) is 8.39. The molecule has 0 bridgehead atoms. The fourth-order valence-corrected chi connectivity index (χ4v) is 3.49. The molecule has 1 aliphatic rings. The van der Waals surface area contributed by atoms with Crippen LogP contribution in [-0.4, -0.2) is 35.0 Å². The minimum atomic E-state index is 0.159. The first-order valence-electron chi connectivity index (χ1n) is 8.39. The van der Waals surface area contributed by atoms with Crippen molar-refractivity contribution in [2.75, 3.05) is 35.0 Å². The Hall–Kier alpha value is -2.40. The molecule has 134 valence electrons.